The second kappa shape index (κ2) is 4.53. The second-order valence-corrected chi connectivity index (χ2v) is 4.04. The van der Waals surface area contributed by atoms with Crippen LogP contribution in [-0.4, -0.2) is 20.2 Å². The molecule has 1 fully saturated rings. The van der Waals surface area contributed by atoms with Gasteiger partial charge in [0.05, 0.1) is 12.8 Å². The molecule has 1 aromatic rings. The zero-order valence-electron chi connectivity index (χ0n) is 9.12. The summed E-state index contributed by atoms with van der Waals surface area (Å²) in [6.07, 6.45) is 2.50. The first kappa shape index (κ1) is 10.3. The average Bonchev–Trinajstić information content (AvgIpc) is 2.31. The van der Waals surface area contributed by atoms with Gasteiger partial charge in [-0.3, -0.25) is 0 Å². The summed E-state index contributed by atoms with van der Waals surface area (Å²) in [7, 11) is 1.66. The minimum Gasteiger partial charge on any atom is -0.495 e. The summed E-state index contributed by atoms with van der Waals surface area (Å²) in [5.41, 5.74) is 7.83. The Labute approximate surface area is 90.6 Å². The van der Waals surface area contributed by atoms with E-state index in [1.54, 1.807) is 7.11 Å². The van der Waals surface area contributed by atoms with Crippen LogP contribution in [0.15, 0.2) is 18.2 Å². The highest BCUT2D eigenvalue weighted by molar-refractivity contribution is 5.54. The average molecular weight is 206 g/mol. The van der Waals surface area contributed by atoms with E-state index in [1.165, 1.54) is 18.4 Å². The van der Waals surface area contributed by atoms with Crippen LogP contribution in [0.1, 0.15) is 24.3 Å². The number of rotatable bonds is 2. The van der Waals surface area contributed by atoms with Gasteiger partial charge in [0.1, 0.15) is 5.75 Å². The Morgan fingerprint density at radius 1 is 1.47 bits per heavy atom. The van der Waals surface area contributed by atoms with Gasteiger partial charge in [-0.25, -0.2) is 0 Å². The van der Waals surface area contributed by atoms with Crippen LogP contribution in [0.5, 0.6) is 5.75 Å². The molecule has 0 bridgehead atoms. The smallest absolute Gasteiger partial charge is 0.142 e. The van der Waals surface area contributed by atoms with E-state index in [1.807, 2.05) is 6.07 Å². The molecule has 0 radical (unpaired) electrons. The first-order valence-corrected chi connectivity index (χ1v) is 5.45. The van der Waals surface area contributed by atoms with Crippen molar-refractivity contribution in [3.8, 4) is 5.75 Å². The van der Waals surface area contributed by atoms with E-state index < -0.39 is 0 Å². The number of hydrogen-bond acceptors (Lipinski definition) is 3. The van der Waals surface area contributed by atoms with E-state index in [0.29, 0.717) is 11.6 Å². The van der Waals surface area contributed by atoms with Crippen molar-refractivity contribution >= 4 is 5.69 Å². The van der Waals surface area contributed by atoms with Crippen molar-refractivity contribution in [2.75, 3.05) is 25.9 Å². The van der Waals surface area contributed by atoms with Crippen molar-refractivity contribution in [2.24, 2.45) is 0 Å². The van der Waals surface area contributed by atoms with Gasteiger partial charge in [-0.2, -0.15) is 0 Å². The molecule has 15 heavy (non-hydrogen) atoms. The normalized spacial score (nSPS) is 21.3. The fourth-order valence-corrected chi connectivity index (χ4v) is 2.12. The Balaban J connectivity index is 2.20. The van der Waals surface area contributed by atoms with E-state index in [9.17, 15) is 0 Å². The number of ether oxygens (including phenoxy) is 1. The molecule has 1 unspecified atom stereocenters. The van der Waals surface area contributed by atoms with Crippen LogP contribution in [0.2, 0.25) is 0 Å². The lowest BCUT2D eigenvalue weighted by molar-refractivity contribution is 0.413. The van der Waals surface area contributed by atoms with Gasteiger partial charge in [0.2, 0.25) is 0 Å². The molecule has 0 aliphatic carbocycles. The molecule has 3 nitrogen and oxygen atoms in total. The molecule has 1 aliphatic rings. The Morgan fingerprint density at radius 3 is 3.00 bits per heavy atom. The number of nitrogen functional groups attached to an aromatic ring is 1. The lowest BCUT2D eigenvalue weighted by Crippen LogP contribution is -2.28. The number of methoxy groups -OCH3 is 1. The van der Waals surface area contributed by atoms with Crippen LogP contribution in [-0.2, 0) is 0 Å². The molecule has 0 amide bonds. The maximum atomic E-state index is 5.79. The number of nitrogens with two attached hydrogens (primary N) is 1. The van der Waals surface area contributed by atoms with Gasteiger partial charge in [0, 0.05) is 6.54 Å². The summed E-state index contributed by atoms with van der Waals surface area (Å²) in [4.78, 5) is 0. The fourth-order valence-electron chi connectivity index (χ4n) is 2.12. The van der Waals surface area contributed by atoms with Crippen molar-refractivity contribution in [3.63, 3.8) is 0 Å². The summed E-state index contributed by atoms with van der Waals surface area (Å²) in [6.45, 7) is 2.20. The zero-order valence-corrected chi connectivity index (χ0v) is 9.12. The molecular formula is C12H18N2O. The summed E-state index contributed by atoms with van der Waals surface area (Å²) < 4.78 is 5.23. The first-order valence-electron chi connectivity index (χ1n) is 5.45. The SMILES string of the molecule is COc1cc(C2CCCNC2)ccc1N. The molecule has 82 valence electrons. The fraction of sp³-hybridized carbons (Fsp3) is 0.500. The van der Waals surface area contributed by atoms with E-state index in [0.717, 1.165) is 18.8 Å². The molecule has 1 aromatic carbocycles. The molecule has 0 spiro atoms. The van der Waals surface area contributed by atoms with Crippen LogP contribution in [0.4, 0.5) is 5.69 Å². The van der Waals surface area contributed by atoms with Gasteiger partial charge < -0.3 is 15.8 Å². The number of hydrogen-bond donors (Lipinski definition) is 2. The van der Waals surface area contributed by atoms with Crippen molar-refractivity contribution in [1.82, 2.24) is 5.32 Å². The molecule has 1 atom stereocenters. The number of piperidine rings is 1. The predicted octanol–water partition coefficient (Wildman–Crippen LogP) is 1.74. The highest BCUT2D eigenvalue weighted by atomic mass is 16.5. The largest absolute Gasteiger partial charge is 0.495 e. The third-order valence-electron chi connectivity index (χ3n) is 3.03. The maximum Gasteiger partial charge on any atom is 0.142 e. The molecule has 3 heteroatoms. The van der Waals surface area contributed by atoms with E-state index in [4.69, 9.17) is 10.5 Å². The third-order valence-corrected chi connectivity index (χ3v) is 3.03. The molecule has 2 rings (SSSR count). The molecule has 1 aliphatic heterocycles. The summed E-state index contributed by atoms with van der Waals surface area (Å²) in [6, 6.07) is 6.10. The van der Waals surface area contributed by atoms with E-state index in [-0.39, 0.29) is 0 Å². The van der Waals surface area contributed by atoms with Crippen molar-refractivity contribution in [2.45, 2.75) is 18.8 Å². The summed E-state index contributed by atoms with van der Waals surface area (Å²) >= 11 is 0. The van der Waals surface area contributed by atoms with Crippen LogP contribution < -0.4 is 15.8 Å². The van der Waals surface area contributed by atoms with Gasteiger partial charge in [-0.15, -0.1) is 0 Å². The highest BCUT2D eigenvalue weighted by Crippen LogP contribution is 2.29. The van der Waals surface area contributed by atoms with Gasteiger partial charge in [0.15, 0.2) is 0 Å². The lowest BCUT2D eigenvalue weighted by atomic mass is 9.91. The second-order valence-electron chi connectivity index (χ2n) is 4.04. The number of benzene rings is 1. The van der Waals surface area contributed by atoms with Crippen molar-refractivity contribution in [3.05, 3.63) is 23.8 Å². The third kappa shape index (κ3) is 2.23. The Morgan fingerprint density at radius 2 is 2.33 bits per heavy atom. The number of anilines is 1. The predicted molar refractivity (Wildman–Crippen MR) is 62.3 cm³/mol. The Kier molecular flexibility index (Phi) is 3.11. The summed E-state index contributed by atoms with van der Waals surface area (Å²) in [5.74, 6) is 1.39. The Bertz CT molecular complexity index is 332. The van der Waals surface area contributed by atoms with Crippen LogP contribution in [0.3, 0.4) is 0 Å². The molecule has 3 N–H and O–H groups in total. The van der Waals surface area contributed by atoms with Gasteiger partial charge in [-0.05, 0) is 43.0 Å². The maximum absolute atomic E-state index is 5.79. The monoisotopic (exact) mass is 206 g/mol. The van der Waals surface area contributed by atoms with Crippen molar-refractivity contribution in [1.29, 1.82) is 0 Å². The quantitative estimate of drug-likeness (QED) is 0.725. The Hall–Kier alpha value is -1.22. The van der Waals surface area contributed by atoms with Crippen LogP contribution >= 0.6 is 0 Å². The van der Waals surface area contributed by atoms with Crippen LogP contribution in [0, 0.1) is 0 Å². The molecule has 0 aromatic heterocycles. The minimum absolute atomic E-state index is 0.605. The molecule has 0 saturated carbocycles. The zero-order chi connectivity index (χ0) is 10.7. The standard InChI is InChI=1S/C12H18N2O/c1-15-12-7-9(4-5-11(12)13)10-3-2-6-14-8-10/h4-5,7,10,14H,2-3,6,8,13H2,1H3. The van der Waals surface area contributed by atoms with E-state index >= 15 is 0 Å². The number of nitrogens with one attached hydrogen (secondary N) is 1. The first-order chi connectivity index (χ1) is 7.31. The molecule has 1 saturated heterocycles. The minimum atomic E-state index is 0.605. The summed E-state index contributed by atoms with van der Waals surface area (Å²) in [5, 5.41) is 3.41. The molecule has 1 heterocycles. The van der Waals surface area contributed by atoms with Gasteiger partial charge in [0.25, 0.3) is 0 Å². The van der Waals surface area contributed by atoms with E-state index in [2.05, 4.69) is 17.4 Å². The van der Waals surface area contributed by atoms with Crippen LogP contribution in [0.25, 0.3) is 0 Å². The molecular weight excluding hydrogens is 188 g/mol. The lowest BCUT2D eigenvalue weighted by Gasteiger charge is -2.23. The van der Waals surface area contributed by atoms with Gasteiger partial charge in [-0.1, -0.05) is 6.07 Å². The topological polar surface area (TPSA) is 47.3 Å². The van der Waals surface area contributed by atoms with Gasteiger partial charge >= 0.3 is 0 Å². The highest BCUT2D eigenvalue weighted by Gasteiger charge is 2.15. The van der Waals surface area contributed by atoms with Crippen molar-refractivity contribution < 1.29 is 4.74 Å².